The molecule has 2 aromatic rings. The van der Waals surface area contributed by atoms with Gasteiger partial charge in [-0.1, -0.05) is 40.5 Å². The van der Waals surface area contributed by atoms with Crippen molar-refractivity contribution in [1.82, 2.24) is 15.5 Å². The smallest absolute Gasteiger partial charge is 0.0544 e. The van der Waals surface area contributed by atoms with Crippen molar-refractivity contribution >= 4 is 27.5 Å². The van der Waals surface area contributed by atoms with Gasteiger partial charge in [0.05, 0.1) is 6.20 Å². The van der Waals surface area contributed by atoms with Crippen molar-refractivity contribution in [2.24, 2.45) is 0 Å². The minimum atomic E-state index is 0.194. The van der Waals surface area contributed by atoms with Gasteiger partial charge in [0.25, 0.3) is 0 Å². The summed E-state index contributed by atoms with van der Waals surface area (Å²) < 4.78 is 0.992. The zero-order chi connectivity index (χ0) is 13.7. The van der Waals surface area contributed by atoms with Crippen LogP contribution in [-0.4, -0.2) is 16.7 Å². The molecule has 0 saturated carbocycles. The molecule has 1 aromatic heterocycles. The van der Waals surface area contributed by atoms with E-state index in [1.165, 1.54) is 0 Å². The van der Waals surface area contributed by atoms with Crippen LogP contribution in [0, 0.1) is 0 Å². The van der Waals surface area contributed by atoms with Crippen LogP contribution in [0.2, 0.25) is 5.02 Å². The quantitative estimate of drug-likeness (QED) is 0.900. The van der Waals surface area contributed by atoms with Crippen molar-refractivity contribution in [2.75, 3.05) is 6.54 Å². The Kier molecular flexibility index (Phi) is 5.31. The van der Waals surface area contributed by atoms with Crippen molar-refractivity contribution < 1.29 is 0 Å². The van der Waals surface area contributed by atoms with Crippen molar-refractivity contribution in [3.63, 3.8) is 0 Å². The molecule has 0 aliphatic rings. The normalized spacial score (nSPS) is 12.4. The minimum absolute atomic E-state index is 0.194. The summed E-state index contributed by atoms with van der Waals surface area (Å²) in [6, 6.07) is 8.15. The van der Waals surface area contributed by atoms with Gasteiger partial charge >= 0.3 is 0 Å². The highest BCUT2D eigenvalue weighted by atomic mass is 79.9. The lowest BCUT2D eigenvalue weighted by atomic mass is 10.0. The lowest BCUT2D eigenvalue weighted by Crippen LogP contribution is -2.23. The lowest BCUT2D eigenvalue weighted by molar-refractivity contribution is 0.547. The number of benzene rings is 1. The van der Waals surface area contributed by atoms with E-state index in [0.717, 1.165) is 33.6 Å². The maximum Gasteiger partial charge on any atom is 0.0544 e. The molecular formula is C14H15BrClN3. The van der Waals surface area contributed by atoms with Crippen molar-refractivity contribution in [1.29, 1.82) is 0 Å². The van der Waals surface area contributed by atoms with Crippen LogP contribution in [0.4, 0.5) is 0 Å². The first-order chi connectivity index (χ1) is 9.20. The maximum absolute atomic E-state index is 6.28. The second-order valence-corrected chi connectivity index (χ2v) is 5.55. The molecule has 1 heterocycles. The number of hydrogen-bond acceptors (Lipinski definition) is 3. The molecule has 0 fully saturated rings. The van der Waals surface area contributed by atoms with E-state index < -0.39 is 0 Å². The van der Waals surface area contributed by atoms with Crippen molar-refractivity contribution in [3.8, 4) is 0 Å². The van der Waals surface area contributed by atoms with E-state index in [1.807, 2.05) is 24.3 Å². The number of halogens is 2. The molecule has 1 unspecified atom stereocenters. The Morgan fingerprint density at radius 1 is 1.32 bits per heavy atom. The van der Waals surface area contributed by atoms with Crippen LogP contribution in [0.25, 0.3) is 0 Å². The molecular weight excluding hydrogens is 326 g/mol. The number of likely N-dealkylation sites (N-methyl/N-ethyl adjacent to an activating group) is 1. The highest BCUT2D eigenvalue weighted by Gasteiger charge is 2.13. The number of rotatable bonds is 5. The molecule has 1 N–H and O–H groups in total. The van der Waals surface area contributed by atoms with Gasteiger partial charge in [0, 0.05) is 21.7 Å². The van der Waals surface area contributed by atoms with E-state index in [0.29, 0.717) is 0 Å². The monoisotopic (exact) mass is 339 g/mol. The van der Waals surface area contributed by atoms with Gasteiger partial charge < -0.3 is 5.32 Å². The molecule has 0 spiro atoms. The van der Waals surface area contributed by atoms with Gasteiger partial charge in [0.2, 0.25) is 0 Å². The summed E-state index contributed by atoms with van der Waals surface area (Å²) >= 11 is 9.70. The molecule has 0 aliphatic carbocycles. The molecule has 3 nitrogen and oxygen atoms in total. The van der Waals surface area contributed by atoms with E-state index >= 15 is 0 Å². The van der Waals surface area contributed by atoms with Gasteiger partial charge in [-0.15, -0.1) is 0 Å². The molecule has 5 heteroatoms. The third-order valence-electron chi connectivity index (χ3n) is 2.90. The molecule has 1 aromatic carbocycles. The van der Waals surface area contributed by atoms with Crippen LogP contribution >= 0.6 is 27.5 Å². The van der Waals surface area contributed by atoms with Crippen LogP contribution in [-0.2, 0) is 6.42 Å². The highest BCUT2D eigenvalue weighted by Crippen LogP contribution is 2.26. The standard InChI is InChI=1S/C14H15BrClN3/c1-2-17-14(11-5-6-18-19-9-11)7-10-3-4-12(15)8-13(10)16/h3-6,8-9,14,17H,2,7H2,1H3. The Bertz CT molecular complexity index is 533. The summed E-state index contributed by atoms with van der Waals surface area (Å²) in [5, 5.41) is 12.0. The van der Waals surface area contributed by atoms with Gasteiger partial charge in [0.1, 0.15) is 0 Å². The number of hydrogen-bond donors (Lipinski definition) is 1. The average Bonchev–Trinajstić information content (AvgIpc) is 2.42. The van der Waals surface area contributed by atoms with E-state index in [2.05, 4.69) is 38.4 Å². The molecule has 0 amide bonds. The summed E-state index contributed by atoms with van der Waals surface area (Å²) in [6.45, 7) is 2.98. The SMILES string of the molecule is CCNC(Cc1ccc(Br)cc1Cl)c1ccnnc1. The Morgan fingerprint density at radius 3 is 2.79 bits per heavy atom. The molecule has 1 atom stereocenters. The zero-order valence-electron chi connectivity index (χ0n) is 10.6. The molecule has 0 saturated heterocycles. The van der Waals surface area contributed by atoms with Crippen LogP contribution in [0.15, 0.2) is 41.1 Å². The summed E-state index contributed by atoms with van der Waals surface area (Å²) in [6.07, 6.45) is 4.33. The topological polar surface area (TPSA) is 37.8 Å². The average molecular weight is 341 g/mol. The minimum Gasteiger partial charge on any atom is -0.310 e. The predicted molar refractivity (Wildman–Crippen MR) is 81.3 cm³/mol. The van der Waals surface area contributed by atoms with E-state index in [-0.39, 0.29) is 6.04 Å². The Labute approximate surface area is 126 Å². The van der Waals surface area contributed by atoms with Crippen LogP contribution in [0.5, 0.6) is 0 Å². The third-order valence-corrected chi connectivity index (χ3v) is 3.74. The molecule has 0 bridgehead atoms. The first kappa shape index (κ1) is 14.4. The molecule has 2 rings (SSSR count). The van der Waals surface area contributed by atoms with Crippen LogP contribution in [0.1, 0.15) is 24.1 Å². The lowest BCUT2D eigenvalue weighted by Gasteiger charge is -2.18. The van der Waals surface area contributed by atoms with Crippen molar-refractivity contribution in [3.05, 3.63) is 57.3 Å². The number of nitrogens with zero attached hydrogens (tertiary/aromatic N) is 2. The highest BCUT2D eigenvalue weighted by molar-refractivity contribution is 9.10. The fourth-order valence-corrected chi connectivity index (χ4v) is 2.72. The summed E-state index contributed by atoms with van der Waals surface area (Å²) in [5.74, 6) is 0. The summed E-state index contributed by atoms with van der Waals surface area (Å²) in [7, 11) is 0. The van der Waals surface area contributed by atoms with Gasteiger partial charge in [0.15, 0.2) is 0 Å². The van der Waals surface area contributed by atoms with Crippen LogP contribution in [0.3, 0.4) is 0 Å². The fraction of sp³-hybridized carbons (Fsp3) is 0.286. The molecule has 0 radical (unpaired) electrons. The number of aromatic nitrogens is 2. The first-order valence-electron chi connectivity index (χ1n) is 6.14. The number of nitrogens with one attached hydrogen (secondary N) is 1. The fourth-order valence-electron chi connectivity index (χ4n) is 1.97. The Morgan fingerprint density at radius 2 is 2.16 bits per heavy atom. The van der Waals surface area contributed by atoms with E-state index in [1.54, 1.807) is 12.4 Å². The van der Waals surface area contributed by atoms with Crippen LogP contribution < -0.4 is 5.32 Å². The van der Waals surface area contributed by atoms with Gasteiger partial charge in [-0.3, -0.25) is 0 Å². The molecule has 0 aliphatic heterocycles. The first-order valence-corrected chi connectivity index (χ1v) is 7.31. The second kappa shape index (κ2) is 6.98. The summed E-state index contributed by atoms with van der Waals surface area (Å²) in [5.41, 5.74) is 2.24. The largest absolute Gasteiger partial charge is 0.310 e. The Hall–Kier alpha value is -0.970. The molecule has 19 heavy (non-hydrogen) atoms. The van der Waals surface area contributed by atoms with E-state index in [4.69, 9.17) is 11.6 Å². The maximum atomic E-state index is 6.28. The van der Waals surface area contributed by atoms with Gasteiger partial charge in [-0.2, -0.15) is 10.2 Å². The molecule has 100 valence electrons. The third kappa shape index (κ3) is 4.00. The van der Waals surface area contributed by atoms with Gasteiger partial charge in [-0.05, 0) is 42.3 Å². The summed E-state index contributed by atoms with van der Waals surface area (Å²) in [4.78, 5) is 0. The second-order valence-electron chi connectivity index (χ2n) is 4.23. The van der Waals surface area contributed by atoms with Gasteiger partial charge in [-0.25, -0.2) is 0 Å². The van der Waals surface area contributed by atoms with Crippen molar-refractivity contribution in [2.45, 2.75) is 19.4 Å². The Balaban J connectivity index is 2.21. The zero-order valence-corrected chi connectivity index (χ0v) is 12.9. The predicted octanol–water partition coefficient (Wildman–Crippen LogP) is 3.79. The van der Waals surface area contributed by atoms with E-state index in [9.17, 15) is 0 Å².